The minimum Gasteiger partial charge on any atom is -0.399 e. The number of hydrogen-bond acceptors (Lipinski definition) is 5. The zero-order valence-electron chi connectivity index (χ0n) is 15.5. The van der Waals surface area contributed by atoms with Gasteiger partial charge in [-0.2, -0.15) is 0 Å². The lowest BCUT2D eigenvalue weighted by Crippen LogP contribution is -2.41. The van der Waals surface area contributed by atoms with Crippen molar-refractivity contribution in [1.82, 2.24) is 9.88 Å². The van der Waals surface area contributed by atoms with E-state index in [0.717, 1.165) is 36.2 Å². The van der Waals surface area contributed by atoms with Gasteiger partial charge in [0.25, 0.3) is 0 Å². The molecule has 0 saturated carbocycles. The van der Waals surface area contributed by atoms with Crippen molar-refractivity contribution >= 4 is 18.4 Å². The largest absolute Gasteiger partial charge is 0.496 e. The van der Waals surface area contributed by atoms with Crippen molar-refractivity contribution in [1.29, 1.82) is 0 Å². The number of nitrogens with zero attached hydrogens (tertiary/aromatic N) is 3. The Morgan fingerprint density at radius 3 is 2.08 bits per heavy atom. The number of aromatic nitrogens is 1. The molecule has 1 aromatic heterocycles. The highest BCUT2D eigenvalue weighted by Crippen LogP contribution is 2.36. The predicted molar refractivity (Wildman–Crippen MR) is 96.6 cm³/mol. The molecule has 0 spiro atoms. The van der Waals surface area contributed by atoms with Crippen LogP contribution in [0, 0.1) is 11.8 Å². The molecular weight excluding hydrogens is 301 g/mol. The van der Waals surface area contributed by atoms with Crippen molar-refractivity contribution in [2.24, 2.45) is 11.8 Å². The van der Waals surface area contributed by atoms with Gasteiger partial charge in [0, 0.05) is 37.8 Å². The molecule has 3 saturated heterocycles. The lowest BCUT2D eigenvalue weighted by atomic mass is 9.80. The molecular formula is C18H28BN3O2. The van der Waals surface area contributed by atoms with Crippen molar-refractivity contribution in [3.05, 3.63) is 18.3 Å². The number of rotatable bonds is 2. The minimum absolute atomic E-state index is 0.311. The second kappa shape index (κ2) is 5.45. The van der Waals surface area contributed by atoms with Crippen molar-refractivity contribution in [2.75, 3.05) is 38.1 Å². The number of hydrogen-bond donors (Lipinski definition) is 0. The predicted octanol–water partition coefficient (Wildman–Crippen LogP) is 1.38. The van der Waals surface area contributed by atoms with Gasteiger partial charge in [-0.25, -0.2) is 4.98 Å². The SMILES string of the molecule is CN1C[C@@H]2CN(c3ccc(B4OC(C)(C)C(C)(C)O4)cn3)C[C@@H]2C1. The lowest BCUT2D eigenvalue weighted by molar-refractivity contribution is 0.00578. The molecule has 6 heteroatoms. The Morgan fingerprint density at radius 1 is 1.00 bits per heavy atom. The van der Waals surface area contributed by atoms with Crippen molar-refractivity contribution in [3.63, 3.8) is 0 Å². The average Bonchev–Trinajstić information content (AvgIpc) is 3.09. The molecule has 130 valence electrons. The van der Waals surface area contributed by atoms with E-state index in [9.17, 15) is 0 Å². The third-order valence-electron chi connectivity index (χ3n) is 6.29. The van der Waals surface area contributed by atoms with E-state index in [-0.39, 0.29) is 18.3 Å². The fourth-order valence-electron chi connectivity index (χ4n) is 4.12. The zero-order valence-corrected chi connectivity index (χ0v) is 15.5. The van der Waals surface area contributed by atoms with Crippen LogP contribution in [0.25, 0.3) is 0 Å². The third kappa shape index (κ3) is 2.65. The highest BCUT2D eigenvalue weighted by atomic mass is 16.7. The summed E-state index contributed by atoms with van der Waals surface area (Å²) in [6.07, 6.45) is 1.91. The van der Waals surface area contributed by atoms with Crippen molar-refractivity contribution in [3.8, 4) is 0 Å². The van der Waals surface area contributed by atoms with E-state index in [1.54, 1.807) is 0 Å². The summed E-state index contributed by atoms with van der Waals surface area (Å²) in [5.41, 5.74) is 0.375. The van der Waals surface area contributed by atoms with E-state index < -0.39 is 0 Å². The van der Waals surface area contributed by atoms with Gasteiger partial charge >= 0.3 is 7.12 Å². The van der Waals surface area contributed by atoms with Crippen LogP contribution in [0.1, 0.15) is 27.7 Å². The van der Waals surface area contributed by atoms with E-state index in [0.29, 0.717) is 0 Å². The quantitative estimate of drug-likeness (QED) is 0.767. The Hall–Kier alpha value is -1.11. The molecule has 2 atom stereocenters. The molecule has 1 aromatic rings. The molecule has 4 rings (SSSR count). The normalized spacial score (nSPS) is 31.7. The highest BCUT2D eigenvalue weighted by Gasteiger charge is 2.51. The molecule has 0 amide bonds. The standard InChI is InChI=1S/C18H28BN3O2/c1-17(2)18(3,4)24-19(23-17)15-6-7-16(20-8-15)22-11-13-9-21(5)10-14(13)12-22/h6-8,13-14H,9-12H2,1-5H3/t13-,14+. The number of pyridine rings is 1. The summed E-state index contributed by atoms with van der Waals surface area (Å²) in [5, 5.41) is 0. The van der Waals surface area contributed by atoms with Gasteiger partial charge in [0.1, 0.15) is 5.82 Å². The van der Waals surface area contributed by atoms with E-state index in [2.05, 4.69) is 56.7 Å². The second-order valence-electron chi connectivity index (χ2n) is 8.68. The van der Waals surface area contributed by atoms with Crippen LogP contribution in [0.4, 0.5) is 5.82 Å². The third-order valence-corrected chi connectivity index (χ3v) is 6.29. The van der Waals surface area contributed by atoms with Crippen LogP contribution in [0.15, 0.2) is 18.3 Å². The summed E-state index contributed by atoms with van der Waals surface area (Å²) in [6.45, 7) is 13.0. The van der Waals surface area contributed by atoms with Crippen LogP contribution < -0.4 is 10.4 Å². The van der Waals surface area contributed by atoms with Crippen molar-refractivity contribution < 1.29 is 9.31 Å². The molecule has 3 fully saturated rings. The first-order chi connectivity index (χ1) is 11.2. The smallest absolute Gasteiger partial charge is 0.399 e. The topological polar surface area (TPSA) is 37.8 Å². The number of anilines is 1. The summed E-state index contributed by atoms with van der Waals surface area (Å²) < 4.78 is 12.2. The van der Waals surface area contributed by atoms with Crippen LogP contribution in [0.5, 0.6) is 0 Å². The fraction of sp³-hybridized carbons (Fsp3) is 0.722. The summed E-state index contributed by atoms with van der Waals surface area (Å²) in [6, 6.07) is 4.22. The average molecular weight is 329 g/mol. The molecule has 3 aliphatic rings. The molecule has 5 nitrogen and oxygen atoms in total. The van der Waals surface area contributed by atoms with Crippen LogP contribution in [0.2, 0.25) is 0 Å². The molecule has 4 heterocycles. The Bertz CT molecular complexity index is 589. The molecule has 0 unspecified atom stereocenters. The van der Waals surface area contributed by atoms with Gasteiger partial charge in [-0.1, -0.05) is 6.07 Å². The summed E-state index contributed by atoms with van der Waals surface area (Å²) in [5.74, 6) is 2.66. The molecule has 0 bridgehead atoms. The van der Waals surface area contributed by atoms with Gasteiger partial charge in [0.2, 0.25) is 0 Å². The van der Waals surface area contributed by atoms with Gasteiger partial charge < -0.3 is 19.1 Å². The van der Waals surface area contributed by atoms with Gasteiger partial charge in [-0.15, -0.1) is 0 Å². The maximum absolute atomic E-state index is 6.11. The molecule has 24 heavy (non-hydrogen) atoms. The monoisotopic (exact) mass is 329 g/mol. The van der Waals surface area contributed by atoms with Gasteiger partial charge in [0.15, 0.2) is 0 Å². The highest BCUT2D eigenvalue weighted by molar-refractivity contribution is 6.62. The fourth-order valence-corrected chi connectivity index (χ4v) is 4.12. The van der Waals surface area contributed by atoms with Crippen LogP contribution in [-0.4, -0.2) is 61.4 Å². The molecule has 0 radical (unpaired) electrons. The number of likely N-dealkylation sites (tertiary alicyclic amines) is 1. The summed E-state index contributed by atoms with van der Waals surface area (Å²) in [4.78, 5) is 9.57. The van der Waals surface area contributed by atoms with Gasteiger partial charge in [-0.3, -0.25) is 0 Å². The van der Waals surface area contributed by atoms with Crippen LogP contribution in [-0.2, 0) is 9.31 Å². The molecule has 3 aliphatic heterocycles. The maximum Gasteiger partial charge on any atom is 0.496 e. The van der Waals surface area contributed by atoms with Gasteiger partial charge in [-0.05, 0) is 52.6 Å². The lowest BCUT2D eigenvalue weighted by Gasteiger charge is -2.32. The first-order valence-corrected chi connectivity index (χ1v) is 9.00. The first-order valence-electron chi connectivity index (χ1n) is 9.00. The summed E-state index contributed by atoms with van der Waals surface area (Å²) >= 11 is 0. The molecule has 0 aromatic carbocycles. The summed E-state index contributed by atoms with van der Waals surface area (Å²) in [7, 11) is 1.89. The van der Waals surface area contributed by atoms with Crippen molar-refractivity contribution in [2.45, 2.75) is 38.9 Å². The van der Waals surface area contributed by atoms with E-state index in [1.807, 2.05) is 6.20 Å². The molecule has 0 N–H and O–H groups in total. The van der Waals surface area contributed by atoms with Crippen LogP contribution in [0.3, 0.4) is 0 Å². The minimum atomic E-state index is -0.330. The first kappa shape index (κ1) is 16.4. The van der Waals surface area contributed by atoms with Crippen LogP contribution >= 0.6 is 0 Å². The Morgan fingerprint density at radius 2 is 1.58 bits per heavy atom. The second-order valence-corrected chi connectivity index (χ2v) is 8.68. The van der Waals surface area contributed by atoms with E-state index in [4.69, 9.17) is 14.3 Å². The Labute approximate surface area is 145 Å². The Balaban J connectivity index is 1.45. The number of fused-ring (bicyclic) bond motifs is 1. The van der Waals surface area contributed by atoms with E-state index in [1.165, 1.54) is 13.1 Å². The maximum atomic E-state index is 6.11. The Kier molecular flexibility index (Phi) is 3.71. The molecule has 0 aliphatic carbocycles. The van der Waals surface area contributed by atoms with Gasteiger partial charge in [0.05, 0.1) is 11.2 Å². The zero-order chi connectivity index (χ0) is 17.1. The van der Waals surface area contributed by atoms with E-state index >= 15 is 0 Å².